The number of hydrogen-bond acceptors (Lipinski definition) is 6. The van der Waals surface area contributed by atoms with Gasteiger partial charge in [0.1, 0.15) is 18.1 Å². The molecule has 2 saturated carbocycles. The summed E-state index contributed by atoms with van der Waals surface area (Å²) in [6.07, 6.45) is -0.0796. The fourth-order valence-electron chi connectivity index (χ4n) is 3.80. The summed E-state index contributed by atoms with van der Waals surface area (Å²) in [5.41, 5.74) is -1.19. The third kappa shape index (κ3) is 1.46. The van der Waals surface area contributed by atoms with Gasteiger partial charge in [0.05, 0.1) is 7.11 Å². The van der Waals surface area contributed by atoms with Crippen LogP contribution in [0.25, 0.3) is 0 Å². The maximum atomic E-state index is 12.0. The Labute approximate surface area is 114 Å². The summed E-state index contributed by atoms with van der Waals surface area (Å²) in [4.78, 5) is 35.2. The second-order valence-electron chi connectivity index (χ2n) is 5.23. The van der Waals surface area contributed by atoms with Crippen molar-refractivity contribution in [2.24, 2.45) is 17.3 Å². The Hall–Kier alpha value is -1.30. The molecule has 1 saturated heterocycles. The van der Waals surface area contributed by atoms with Gasteiger partial charge in [0, 0.05) is 11.8 Å². The number of ether oxygens (including phenoxy) is 3. The molecule has 0 aromatic rings. The van der Waals surface area contributed by atoms with Crippen LogP contribution in [0.4, 0.5) is 0 Å². The van der Waals surface area contributed by atoms with Crippen molar-refractivity contribution < 1.29 is 28.6 Å². The summed E-state index contributed by atoms with van der Waals surface area (Å²) in [7, 11) is 1.26. The smallest absolute Gasteiger partial charge is 0.324 e. The van der Waals surface area contributed by atoms with E-state index in [0.29, 0.717) is 12.8 Å². The molecule has 0 aromatic heterocycles. The first-order chi connectivity index (χ1) is 9.04. The van der Waals surface area contributed by atoms with Crippen LogP contribution in [0.2, 0.25) is 0 Å². The number of rotatable bonds is 3. The van der Waals surface area contributed by atoms with Crippen LogP contribution in [0.3, 0.4) is 0 Å². The summed E-state index contributed by atoms with van der Waals surface area (Å²) in [5.74, 6) is -2.18. The number of carbonyl (C=O) groups is 3. The monoisotopic (exact) mass is 288 g/mol. The molecule has 104 valence electrons. The van der Waals surface area contributed by atoms with E-state index in [0.717, 1.165) is 0 Å². The van der Waals surface area contributed by atoms with E-state index in [2.05, 4.69) is 0 Å². The lowest BCUT2D eigenvalue weighted by molar-refractivity contribution is -0.164. The third-order valence-electron chi connectivity index (χ3n) is 4.49. The van der Waals surface area contributed by atoms with Crippen LogP contribution < -0.4 is 0 Å². The lowest BCUT2D eigenvalue weighted by Gasteiger charge is -2.29. The van der Waals surface area contributed by atoms with Gasteiger partial charge >= 0.3 is 17.9 Å². The molecule has 0 amide bonds. The van der Waals surface area contributed by atoms with E-state index in [-0.39, 0.29) is 17.7 Å². The molecular weight excluding hydrogens is 276 g/mol. The lowest BCUT2D eigenvalue weighted by atomic mass is 9.73. The van der Waals surface area contributed by atoms with Crippen molar-refractivity contribution in [1.82, 2.24) is 0 Å². The van der Waals surface area contributed by atoms with Crippen molar-refractivity contribution in [3.8, 4) is 0 Å². The van der Waals surface area contributed by atoms with Crippen molar-refractivity contribution in [2.75, 3.05) is 13.0 Å². The van der Waals surface area contributed by atoms with Crippen molar-refractivity contribution in [1.29, 1.82) is 0 Å². The molecule has 1 aliphatic heterocycles. The number of halogens is 1. The topological polar surface area (TPSA) is 78.9 Å². The van der Waals surface area contributed by atoms with Crippen molar-refractivity contribution in [3.63, 3.8) is 0 Å². The van der Waals surface area contributed by atoms with E-state index in [9.17, 15) is 14.4 Å². The molecule has 6 nitrogen and oxygen atoms in total. The lowest BCUT2D eigenvalue weighted by Crippen LogP contribution is -2.45. The van der Waals surface area contributed by atoms with Gasteiger partial charge in [-0.1, -0.05) is 0 Å². The number of methoxy groups -OCH3 is 1. The number of carbonyl (C=O) groups excluding carboxylic acids is 3. The van der Waals surface area contributed by atoms with Gasteiger partial charge in [0.15, 0.2) is 5.41 Å². The molecule has 3 rings (SSSR count). The first-order valence-electron chi connectivity index (χ1n) is 6.09. The zero-order valence-corrected chi connectivity index (χ0v) is 11.0. The van der Waals surface area contributed by atoms with Gasteiger partial charge in [-0.05, 0) is 12.8 Å². The molecular formula is C12H13ClO6. The minimum absolute atomic E-state index is 0.0484. The summed E-state index contributed by atoms with van der Waals surface area (Å²) >= 11 is 5.41. The average molecular weight is 289 g/mol. The van der Waals surface area contributed by atoms with Crippen LogP contribution in [-0.2, 0) is 28.6 Å². The second kappa shape index (κ2) is 4.10. The molecule has 0 N–H and O–H groups in total. The van der Waals surface area contributed by atoms with Crippen LogP contribution in [0, 0.1) is 17.3 Å². The Bertz CT molecular complexity index is 463. The van der Waals surface area contributed by atoms with Crippen molar-refractivity contribution >= 4 is 29.5 Å². The normalized spacial score (nSPS) is 42.1. The Balaban J connectivity index is 1.87. The largest absolute Gasteiger partial charge is 0.468 e. The number of fused-ring (bicyclic) bond motifs is 1. The first-order valence-corrected chi connectivity index (χ1v) is 6.63. The minimum Gasteiger partial charge on any atom is -0.468 e. The Morgan fingerprint density at radius 2 is 2.26 bits per heavy atom. The van der Waals surface area contributed by atoms with E-state index in [1.807, 2.05) is 0 Å². The standard InChI is InChI=1S/C12H13ClO6/c1-17-10(15)12-3-5-2-6(12)9(19-11(12)16)8(5)18-7(14)4-13/h5-6,8-9H,2-4H2,1H3. The summed E-state index contributed by atoms with van der Waals surface area (Å²) in [6.45, 7) is 0. The Morgan fingerprint density at radius 3 is 2.89 bits per heavy atom. The zero-order valence-electron chi connectivity index (χ0n) is 10.3. The van der Waals surface area contributed by atoms with Crippen LogP contribution in [0.5, 0.6) is 0 Å². The quantitative estimate of drug-likeness (QED) is 0.321. The molecule has 1 heterocycles. The van der Waals surface area contributed by atoms with Crippen LogP contribution >= 0.6 is 11.6 Å². The highest BCUT2D eigenvalue weighted by atomic mass is 35.5. The van der Waals surface area contributed by atoms with E-state index in [1.54, 1.807) is 0 Å². The molecule has 7 heteroatoms. The highest BCUT2D eigenvalue weighted by Gasteiger charge is 2.75. The maximum absolute atomic E-state index is 12.0. The van der Waals surface area contributed by atoms with Gasteiger partial charge in [-0.15, -0.1) is 11.6 Å². The van der Waals surface area contributed by atoms with Crippen LogP contribution in [0.1, 0.15) is 12.8 Å². The molecule has 2 bridgehead atoms. The van der Waals surface area contributed by atoms with Gasteiger partial charge in [-0.25, -0.2) is 0 Å². The molecule has 0 radical (unpaired) electrons. The number of alkyl halides is 1. The van der Waals surface area contributed by atoms with Gasteiger partial charge < -0.3 is 14.2 Å². The predicted molar refractivity (Wildman–Crippen MR) is 61.1 cm³/mol. The second-order valence-corrected chi connectivity index (χ2v) is 5.49. The highest BCUT2D eigenvalue weighted by molar-refractivity contribution is 6.26. The van der Waals surface area contributed by atoms with E-state index < -0.39 is 35.5 Å². The molecule has 3 aliphatic rings. The van der Waals surface area contributed by atoms with Gasteiger partial charge in [0.2, 0.25) is 0 Å². The summed E-state index contributed by atoms with van der Waals surface area (Å²) < 4.78 is 15.2. The van der Waals surface area contributed by atoms with E-state index >= 15 is 0 Å². The minimum atomic E-state index is -1.19. The molecule has 0 aromatic carbocycles. The highest BCUT2D eigenvalue weighted by Crippen LogP contribution is 2.62. The average Bonchev–Trinajstić information content (AvgIpc) is 2.99. The van der Waals surface area contributed by atoms with Crippen molar-refractivity contribution in [2.45, 2.75) is 25.0 Å². The first kappa shape index (κ1) is 12.7. The molecule has 5 unspecified atom stereocenters. The van der Waals surface area contributed by atoms with E-state index in [1.165, 1.54) is 7.11 Å². The molecule has 19 heavy (non-hydrogen) atoms. The third-order valence-corrected chi connectivity index (χ3v) is 4.71. The molecule has 2 aliphatic carbocycles. The van der Waals surface area contributed by atoms with Gasteiger partial charge in [-0.3, -0.25) is 14.4 Å². The Morgan fingerprint density at radius 1 is 1.53 bits per heavy atom. The zero-order chi connectivity index (χ0) is 13.8. The number of esters is 3. The SMILES string of the molecule is COC(=O)C12CC3CC1C(OC2=O)C3OC(=O)CCl. The van der Waals surface area contributed by atoms with Crippen LogP contribution in [0.15, 0.2) is 0 Å². The molecule has 5 atom stereocenters. The van der Waals surface area contributed by atoms with Crippen LogP contribution in [-0.4, -0.2) is 43.1 Å². The fourth-order valence-corrected chi connectivity index (χ4v) is 3.86. The summed E-state index contributed by atoms with van der Waals surface area (Å²) in [6, 6.07) is 0. The fraction of sp³-hybridized carbons (Fsp3) is 0.750. The number of hydrogen-bond donors (Lipinski definition) is 0. The maximum Gasteiger partial charge on any atom is 0.324 e. The van der Waals surface area contributed by atoms with Gasteiger partial charge in [0.25, 0.3) is 0 Å². The Kier molecular flexibility index (Phi) is 2.74. The van der Waals surface area contributed by atoms with E-state index in [4.69, 9.17) is 25.8 Å². The predicted octanol–water partition coefficient (Wildman–Crippen LogP) is 0.262. The van der Waals surface area contributed by atoms with Gasteiger partial charge in [-0.2, -0.15) is 0 Å². The van der Waals surface area contributed by atoms with Crippen molar-refractivity contribution in [3.05, 3.63) is 0 Å². The summed E-state index contributed by atoms with van der Waals surface area (Å²) in [5, 5.41) is 0. The molecule has 0 spiro atoms. The molecule has 3 fully saturated rings.